The van der Waals surface area contributed by atoms with Crippen LogP contribution in [-0.4, -0.2) is 0 Å². The van der Waals surface area contributed by atoms with E-state index in [9.17, 15) is 13.2 Å². The van der Waals surface area contributed by atoms with Gasteiger partial charge in [0.2, 0.25) is 0 Å². The minimum absolute atomic E-state index is 0.403. The summed E-state index contributed by atoms with van der Waals surface area (Å²) >= 11 is 6.23. The van der Waals surface area contributed by atoms with Gasteiger partial charge in [0.15, 0.2) is 0 Å². The summed E-state index contributed by atoms with van der Waals surface area (Å²) in [5, 5.41) is 0.484. The lowest BCUT2D eigenvalue weighted by molar-refractivity contribution is -0.137. The molecule has 21 heavy (non-hydrogen) atoms. The highest BCUT2D eigenvalue weighted by Crippen LogP contribution is 2.34. The number of rotatable bonds is 3. The molecule has 3 N–H and O–H groups in total. The monoisotopic (exact) mass is 314 g/mol. The number of halogens is 4. The number of hydrogen-bond donors (Lipinski definition) is 2. The molecule has 2 aromatic rings. The van der Waals surface area contributed by atoms with Gasteiger partial charge >= 0.3 is 6.18 Å². The second-order valence-corrected chi connectivity index (χ2v) is 5.08. The highest BCUT2D eigenvalue weighted by molar-refractivity contribution is 6.32. The molecule has 112 valence electrons. The molecule has 1 atom stereocenters. The summed E-state index contributed by atoms with van der Waals surface area (Å²) in [5.74, 6) is 5.53. The Morgan fingerprint density at radius 1 is 1.14 bits per heavy atom. The number of aryl methyl sites for hydroxylation is 1. The number of benzene rings is 2. The Morgan fingerprint density at radius 3 is 2.43 bits per heavy atom. The number of alkyl halides is 3. The summed E-state index contributed by atoms with van der Waals surface area (Å²) in [4.78, 5) is 0. The molecule has 2 aromatic carbocycles. The van der Waals surface area contributed by atoms with E-state index in [0.29, 0.717) is 16.1 Å². The Bertz CT molecular complexity index is 641. The van der Waals surface area contributed by atoms with Crippen molar-refractivity contribution in [1.82, 2.24) is 5.43 Å². The Balaban J connectivity index is 2.49. The van der Waals surface area contributed by atoms with Crippen LogP contribution in [0.5, 0.6) is 0 Å². The van der Waals surface area contributed by atoms with Crippen molar-refractivity contribution >= 4 is 11.6 Å². The molecule has 0 spiro atoms. The molecule has 0 aliphatic heterocycles. The third-order valence-electron chi connectivity index (χ3n) is 3.25. The van der Waals surface area contributed by atoms with Gasteiger partial charge in [-0.2, -0.15) is 13.2 Å². The van der Waals surface area contributed by atoms with Crippen LogP contribution in [0, 0.1) is 6.92 Å². The Hall–Kier alpha value is -1.56. The summed E-state index contributed by atoms with van der Waals surface area (Å²) in [7, 11) is 0. The first-order valence-corrected chi connectivity index (χ1v) is 6.60. The average Bonchev–Trinajstić information content (AvgIpc) is 2.44. The second-order valence-electron chi connectivity index (χ2n) is 4.70. The summed E-state index contributed by atoms with van der Waals surface area (Å²) in [6.45, 7) is 1.82. The van der Waals surface area contributed by atoms with E-state index in [1.54, 1.807) is 18.2 Å². The van der Waals surface area contributed by atoms with Gasteiger partial charge < -0.3 is 0 Å². The second kappa shape index (κ2) is 6.05. The first kappa shape index (κ1) is 15.8. The zero-order chi connectivity index (χ0) is 15.6. The van der Waals surface area contributed by atoms with Crippen molar-refractivity contribution in [3.05, 3.63) is 69.7 Å². The highest BCUT2D eigenvalue weighted by atomic mass is 35.5. The van der Waals surface area contributed by atoms with Gasteiger partial charge in [0.05, 0.1) is 11.6 Å². The molecule has 0 bridgehead atoms. The molecule has 0 saturated heterocycles. The predicted molar refractivity (Wildman–Crippen MR) is 76.8 cm³/mol. The van der Waals surface area contributed by atoms with Crippen LogP contribution in [0.25, 0.3) is 0 Å². The largest absolute Gasteiger partial charge is 0.416 e. The van der Waals surface area contributed by atoms with E-state index in [1.165, 1.54) is 6.07 Å². The van der Waals surface area contributed by atoms with E-state index in [-0.39, 0.29) is 0 Å². The van der Waals surface area contributed by atoms with E-state index in [1.807, 2.05) is 13.0 Å². The molecule has 0 aliphatic carbocycles. The lowest BCUT2D eigenvalue weighted by atomic mass is 9.96. The van der Waals surface area contributed by atoms with Gasteiger partial charge in [-0.05, 0) is 35.7 Å². The van der Waals surface area contributed by atoms with Crippen LogP contribution in [0.1, 0.15) is 28.3 Å². The van der Waals surface area contributed by atoms with Gasteiger partial charge in [-0.3, -0.25) is 5.84 Å². The van der Waals surface area contributed by atoms with Crippen LogP contribution >= 0.6 is 11.6 Å². The number of nitrogens with two attached hydrogens (primary N) is 1. The highest BCUT2D eigenvalue weighted by Gasteiger charge is 2.31. The fraction of sp³-hybridized carbons (Fsp3) is 0.200. The van der Waals surface area contributed by atoms with Gasteiger partial charge in [0.25, 0.3) is 0 Å². The van der Waals surface area contributed by atoms with Crippen molar-refractivity contribution < 1.29 is 13.2 Å². The summed E-state index contributed by atoms with van der Waals surface area (Å²) in [6.07, 6.45) is -4.40. The van der Waals surface area contributed by atoms with Gasteiger partial charge in [0, 0.05) is 5.02 Å². The minimum Gasteiger partial charge on any atom is -0.271 e. The van der Waals surface area contributed by atoms with Crippen molar-refractivity contribution in [2.45, 2.75) is 19.1 Å². The Kier molecular flexibility index (Phi) is 4.56. The smallest absolute Gasteiger partial charge is 0.271 e. The van der Waals surface area contributed by atoms with Crippen LogP contribution in [-0.2, 0) is 6.18 Å². The van der Waals surface area contributed by atoms with Crippen LogP contribution < -0.4 is 11.3 Å². The van der Waals surface area contributed by atoms with Crippen molar-refractivity contribution in [2.24, 2.45) is 5.84 Å². The summed E-state index contributed by atoms with van der Waals surface area (Å²) < 4.78 is 38.4. The van der Waals surface area contributed by atoms with Gasteiger partial charge in [-0.25, -0.2) is 5.43 Å². The molecular weight excluding hydrogens is 301 g/mol. The first-order valence-electron chi connectivity index (χ1n) is 6.23. The Labute approximate surface area is 125 Å². The summed E-state index contributed by atoms with van der Waals surface area (Å²) in [5.41, 5.74) is 3.69. The van der Waals surface area contributed by atoms with E-state index in [2.05, 4.69) is 5.43 Å². The maximum atomic E-state index is 12.8. The molecule has 2 rings (SSSR count). The third kappa shape index (κ3) is 3.37. The number of hydrazine groups is 1. The molecule has 0 heterocycles. The van der Waals surface area contributed by atoms with E-state index in [0.717, 1.165) is 17.7 Å². The molecule has 0 aromatic heterocycles. The quantitative estimate of drug-likeness (QED) is 0.657. The zero-order valence-electron chi connectivity index (χ0n) is 11.2. The topological polar surface area (TPSA) is 38.0 Å². The van der Waals surface area contributed by atoms with Gasteiger partial charge in [-0.15, -0.1) is 0 Å². The zero-order valence-corrected chi connectivity index (χ0v) is 12.0. The third-order valence-corrected chi connectivity index (χ3v) is 3.76. The van der Waals surface area contributed by atoms with Gasteiger partial charge in [0.1, 0.15) is 0 Å². The number of hydrogen-bond acceptors (Lipinski definition) is 2. The molecule has 6 heteroatoms. The molecule has 0 saturated carbocycles. The van der Waals surface area contributed by atoms with Gasteiger partial charge in [-0.1, -0.05) is 41.9 Å². The van der Waals surface area contributed by atoms with Crippen molar-refractivity contribution in [2.75, 3.05) is 0 Å². The lowest BCUT2D eigenvalue weighted by Crippen LogP contribution is -2.29. The van der Waals surface area contributed by atoms with Crippen LogP contribution in [0.4, 0.5) is 13.2 Å². The number of nitrogens with one attached hydrogen (secondary N) is 1. The fourth-order valence-electron chi connectivity index (χ4n) is 2.15. The van der Waals surface area contributed by atoms with Crippen molar-refractivity contribution in [1.29, 1.82) is 0 Å². The molecule has 0 amide bonds. The van der Waals surface area contributed by atoms with Crippen molar-refractivity contribution in [3.8, 4) is 0 Å². The standard InChI is InChI=1S/C15H14ClF3N2/c1-9-4-2-7-12(13(9)16)14(21-20)10-5-3-6-11(8-10)15(17,18)19/h2-8,14,21H,20H2,1H3. The van der Waals surface area contributed by atoms with Crippen LogP contribution in [0.2, 0.25) is 5.02 Å². The van der Waals surface area contributed by atoms with E-state index in [4.69, 9.17) is 17.4 Å². The normalized spacial score (nSPS) is 13.2. The molecule has 0 radical (unpaired) electrons. The molecular formula is C15H14ClF3N2. The predicted octanol–water partition coefficient (Wildman–Crippen LogP) is 4.22. The Morgan fingerprint density at radius 2 is 1.81 bits per heavy atom. The molecule has 1 unspecified atom stereocenters. The minimum atomic E-state index is -4.40. The molecule has 0 fully saturated rings. The average molecular weight is 315 g/mol. The van der Waals surface area contributed by atoms with Crippen molar-refractivity contribution in [3.63, 3.8) is 0 Å². The maximum Gasteiger partial charge on any atom is 0.416 e. The molecule has 2 nitrogen and oxygen atoms in total. The van der Waals surface area contributed by atoms with Crippen LogP contribution in [0.3, 0.4) is 0 Å². The van der Waals surface area contributed by atoms with E-state index >= 15 is 0 Å². The summed E-state index contributed by atoms with van der Waals surface area (Å²) in [6, 6.07) is 9.77. The molecule has 0 aliphatic rings. The first-order chi connectivity index (χ1) is 9.84. The SMILES string of the molecule is Cc1cccc(C(NN)c2cccc(C(F)(F)F)c2)c1Cl. The fourth-order valence-corrected chi connectivity index (χ4v) is 2.39. The van der Waals surface area contributed by atoms with E-state index < -0.39 is 17.8 Å². The maximum absolute atomic E-state index is 12.8. The van der Waals surface area contributed by atoms with Crippen LogP contribution in [0.15, 0.2) is 42.5 Å². The lowest BCUT2D eigenvalue weighted by Gasteiger charge is -2.20.